The van der Waals surface area contributed by atoms with E-state index in [-0.39, 0.29) is 11.5 Å². The first-order valence-corrected chi connectivity index (χ1v) is 8.14. The number of hydrogen-bond acceptors (Lipinski definition) is 5. The smallest absolute Gasteiger partial charge is 0.255 e. The van der Waals surface area contributed by atoms with Gasteiger partial charge >= 0.3 is 0 Å². The van der Waals surface area contributed by atoms with Gasteiger partial charge in [-0.25, -0.2) is 0 Å². The second kappa shape index (κ2) is 6.95. The Kier molecular flexibility index (Phi) is 4.94. The number of aromatic nitrogens is 1. The molecule has 0 N–H and O–H groups in total. The summed E-state index contributed by atoms with van der Waals surface area (Å²) in [5.74, 6) is 0.490. The van der Waals surface area contributed by atoms with E-state index in [2.05, 4.69) is 24.0 Å². The lowest BCUT2D eigenvalue weighted by Crippen LogP contribution is -2.46. The van der Waals surface area contributed by atoms with E-state index in [1.54, 1.807) is 24.5 Å². The van der Waals surface area contributed by atoms with E-state index in [0.717, 1.165) is 19.6 Å². The Bertz CT molecular complexity index is 537. The van der Waals surface area contributed by atoms with E-state index >= 15 is 0 Å². The Hall–Kier alpha value is -1.50. The van der Waals surface area contributed by atoms with Gasteiger partial charge < -0.3 is 19.3 Å². The highest BCUT2D eigenvalue weighted by molar-refractivity contribution is 5.93. The maximum atomic E-state index is 12.7. The van der Waals surface area contributed by atoms with Crippen LogP contribution in [0.15, 0.2) is 24.5 Å². The predicted molar refractivity (Wildman–Crippen MR) is 86.3 cm³/mol. The summed E-state index contributed by atoms with van der Waals surface area (Å²) in [6.45, 7) is 4.03. The minimum Gasteiger partial charge on any atom is -0.377 e. The number of amides is 1. The number of pyridine rings is 1. The lowest BCUT2D eigenvalue weighted by molar-refractivity contribution is -0.0539. The van der Waals surface area contributed by atoms with Crippen LogP contribution in [0.5, 0.6) is 0 Å². The van der Waals surface area contributed by atoms with Gasteiger partial charge in [0.1, 0.15) is 5.60 Å². The van der Waals surface area contributed by atoms with Gasteiger partial charge in [-0.2, -0.15) is 0 Å². The van der Waals surface area contributed by atoms with Gasteiger partial charge in [0.25, 0.3) is 5.91 Å². The van der Waals surface area contributed by atoms with Gasteiger partial charge in [-0.15, -0.1) is 0 Å². The van der Waals surface area contributed by atoms with Crippen molar-refractivity contribution >= 4 is 5.91 Å². The molecular weight excluding hydrogens is 294 g/mol. The normalized spacial score (nSPS) is 28.3. The molecule has 2 fully saturated rings. The summed E-state index contributed by atoms with van der Waals surface area (Å²) in [7, 11) is 4.15. The molecule has 3 rings (SSSR count). The van der Waals surface area contributed by atoms with Gasteiger partial charge in [0.05, 0.1) is 31.9 Å². The standard InChI is InChI=1S/C17H25N3O3/c1-19(2)10-14-8-17(23-11-14)12-20(6-7-22-13-17)16(21)15-4-3-5-18-9-15/h3-5,9,14H,6-8,10-13H2,1-2H3/t14-,17-/m0/s1. The molecule has 2 aliphatic heterocycles. The van der Waals surface area contributed by atoms with Crippen LogP contribution in [0.4, 0.5) is 0 Å². The first-order valence-electron chi connectivity index (χ1n) is 8.14. The Balaban J connectivity index is 1.70. The number of carbonyl (C=O) groups excluding carboxylic acids is 1. The highest BCUT2D eigenvalue weighted by Crippen LogP contribution is 2.33. The molecule has 0 aliphatic carbocycles. The molecule has 2 atom stereocenters. The van der Waals surface area contributed by atoms with E-state index in [1.807, 2.05) is 4.90 Å². The number of carbonyl (C=O) groups is 1. The van der Waals surface area contributed by atoms with Crippen LogP contribution in [-0.4, -0.2) is 79.8 Å². The second-order valence-corrected chi connectivity index (χ2v) is 6.85. The Morgan fingerprint density at radius 3 is 3.13 bits per heavy atom. The van der Waals surface area contributed by atoms with Crippen LogP contribution < -0.4 is 0 Å². The van der Waals surface area contributed by atoms with Crippen molar-refractivity contribution in [3.8, 4) is 0 Å². The van der Waals surface area contributed by atoms with Crippen molar-refractivity contribution in [3.05, 3.63) is 30.1 Å². The van der Waals surface area contributed by atoms with Gasteiger partial charge in [0.2, 0.25) is 0 Å². The zero-order chi connectivity index (χ0) is 16.3. The van der Waals surface area contributed by atoms with Crippen LogP contribution in [0.1, 0.15) is 16.8 Å². The minimum atomic E-state index is -0.366. The van der Waals surface area contributed by atoms with Crippen molar-refractivity contribution in [1.82, 2.24) is 14.8 Å². The van der Waals surface area contributed by atoms with E-state index < -0.39 is 0 Å². The Morgan fingerprint density at radius 2 is 2.39 bits per heavy atom. The number of rotatable bonds is 3. The molecule has 0 radical (unpaired) electrons. The number of ether oxygens (including phenoxy) is 2. The van der Waals surface area contributed by atoms with Crippen molar-refractivity contribution in [2.24, 2.45) is 5.92 Å². The average molecular weight is 319 g/mol. The molecule has 6 heteroatoms. The van der Waals surface area contributed by atoms with E-state index in [9.17, 15) is 4.79 Å². The Morgan fingerprint density at radius 1 is 1.52 bits per heavy atom. The maximum Gasteiger partial charge on any atom is 0.255 e. The van der Waals surface area contributed by atoms with Crippen molar-refractivity contribution in [3.63, 3.8) is 0 Å². The largest absolute Gasteiger partial charge is 0.377 e. The van der Waals surface area contributed by atoms with Crippen molar-refractivity contribution in [2.45, 2.75) is 12.0 Å². The molecule has 3 heterocycles. The van der Waals surface area contributed by atoms with Crippen LogP contribution in [-0.2, 0) is 9.47 Å². The average Bonchev–Trinajstić information content (AvgIpc) is 2.79. The van der Waals surface area contributed by atoms with Gasteiger partial charge in [0, 0.05) is 25.5 Å². The molecule has 1 spiro atoms. The molecule has 23 heavy (non-hydrogen) atoms. The lowest BCUT2D eigenvalue weighted by atomic mass is 9.94. The van der Waals surface area contributed by atoms with E-state index in [0.29, 0.717) is 37.8 Å². The number of nitrogens with zero attached hydrogens (tertiary/aromatic N) is 3. The van der Waals surface area contributed by atoms with Crippen LogP contribution in [0, 0.1) is 5.92 Å². The van der Waals surface area contributed by atoms with Crippen molar-refractivity contribution < 1.29 is 14.3 Å². The first kappa shape index (κ1) is 16.4. The molecule has 2 aliphatic rings. The molecule has 1 amide bonds. The zero-order valence-electron chi connectivity index (χ0n) is 13.9. The topological polar surface area (TPSA) is 54.9 Å². The molecule has 0 aromatic carbocycles. The van der Waals surface area contributed by atoms with Crippen LogP contribution in [0.2, 0.25) is 0 Å². The van der Waals surface area contributed by atoms with Gasteiger partial charge in [-0.1, -0.05) is 0 Å². The summed E-state index contributed by atoms with van der Waals surface area (Å²) in [6, 6.07) is 3.59. The van der Waals surface area contributed by atoms with E-state index in [1.165, 1.54) is 0 Å². The molecular formula is C17H25N3O3. The lowest BCUT2D eigenvalue weighted by Gasteiger charge is -2.31. The summed E-state index contributed by atoms with van der Waals surface area (Å²) < 4.78 is 11.9. The summed E-state index contributed by atoms with van der Waals surface area (Å²) >= 11 is 0. The molecule has 0 unspecified atom stereocenters. The van der Waals surface area contributed by atoms with Crippen molar-refractivity contribution in [2.75, 3.05) is 53.6 Å². The predicted octanol–water partition coefficient (Wildman–Crippen LogP) is 0.891. The molecule has 1 aromatic rings. The van der Waals surface area contributed by atoms with Crippen LogP contribution in [0.3, 0.4) is 0 Å². The van der Waals surface area contributed by atoms with Crippen LogP contribution >= 0.6 is 0 Å². The highest BCUT2D eigenvalue weighted by Gasteiger charge is 2.44. The third-order valence-electron chi connectivity index (χ3n) is 4.45. The molecule has 1 aromatic heterocycles. The maximum absolute atomic E-state index is 12.7. The highest BCUT2D eigenvalue weighted by atomic mass is 16.5. The fourth-order valence-electron chi connectivity index (χ4n) is 3.53. The van der Waals surface area contributed by atoms with Gasteiger partial charge in [0.15, 0.2) is 0 Å². The second-order valence-electron chi connectivity index (χ2n) is 6.85. The third-order valence-corrected chi connectivity index (χ3v) is 4.45. The Labute approximate surface area is 137 Å². The zero-order valence-corrected chi connectivity index (χ0v) is 13.9. The van der Waals surface area contributed by atoms with Crippen molar-refractivity contribution in [1.29, 1.82) is 0 Å². The summed E-state index contributed by atoms with van der Waals surface area (Å²) in [4.78, 5) is 20.8. The molecule has 6 nitrogen and oxygen atoms in total. The molecule has 126 valence electrons. The first-order chi connectivity index (χ1) is 11.1. The summed E-state index contributed by atoms with van der Waals surface area (Å²) in [6.07, 6.45) is 4.23. The SMILES string of the molecule is CN(C)C[C@H]1CO[C@@]2(COCCN(C(=O)c3cccnc3)C2)C1. The fraction of sp³-hybridized carbons (Fsp3) is 0.647. The summed E-state index contributed by atoms with van der Waals surface area (Å²) in [5.41, 5.74) is 0.252. The van der Waals surface area contributed by atoms with E-state index in [4.69, 9.17) is 9.47 Å². The quantitative estimate of drug-likeness (QED) is 0.828. The summed E-state index contributed by atoms with van der Waals surface area (Å²) in [5, 5.41) is 0. The monoisotopic (exact) mass is 319 g/mol. The van der Waals surface area contributed by atoms with Gasteiger partial charge in [-0.05, 0) is 38.6 Å². The molecule has 2 saturated heterocycles. The van der Waals surface area contributed by atoms with Crippen LogP contribution in [0.25, 0.3) is 0 Å². The minimum absolute atomic E-state index is 0.00244. The fourth-order valence-corrected chi connectivity index (χ4v) is 3.53. The third kappa shape index (κ3) is 3.88. The number of hydrogen-bond donors (Lipinski definition) is 0. The van der Waals surface area contributed by atoms with Gasteiger partial charge in [-0.3, -0.25) is 9.78 Å². The molecule has 0 bridgehead atoms. The molecule has 0 saturated carbocycles.